The van der Waals surface area contributed by atoms with Crippen molar-refractivity contribution in [3.63, 3.8) is 0 Å². The molecule has 1 rings (SSSR count). The number of methoxy groups -OCH3 is 1. The number of nitrogens with zero attached hydrogens (tertiary/aromatic N) is 1. The second-order valence-electron chi connectivity index (χ2n) is 4.26. The van der Waals surface area contributed by atoms with Crippen LogP contribution in [0.25, 0.3) is 0 Å². The van der Waals surface area contributed by atoms with Gasteiger partial charge in [0.1, 0.15) is 0 Å². The number of hydrogen-bond donors (Lipinski definition) is 2. The molecule has 1 fully saturated rings. The average Bonchev–Trinajstić information content (AvgIpc) is 2.27. The third-order valence-electron chi connectivity index (χ3n) is 2.87. The van der Waals surface area contributed by atoms with Crippen molar-refractivity contribution in [1.82, 2.24) is 10.2 Å². The van der Waals surface area contributed by atoms with Gasteiger partial charge in [-0.05, 0) is 25.8 Å². The van der Waals surface area contributed by atoms with E-state index in [1.165, 1.54) is 0 Å². The Hall–Kier alpha value is -0.650. The summed E-state index contributed by atoms with van der Waals surface area (Å²) in [5.74, 6) is -0.781. The fourth-order valence-electron chi connectivity index (χ4n) is 2.09. The summed E-state index contributed by atoms with van der Waals surface area (Å²) in [4.78, 5) is 12.8. The van der Waals surface area contributed by atoms with E-state index >= 15 is 0 Å². The van der Waals surface area contributed by atoms with E-state index in [-0.39, 0.29) is 6.54 Å². The molecule has 0 radical (unpaired) electrons. The van der Waals surface area contributed by atoms with Crippen molar-refractivity contribution in [1.29, 1.82) is 0 Å². The lowest BCUT2D eigenvalue weighted by atomic mass is 10.1. The van der Waals surface area contributed by atoms with E-state index in [2.05, 4.69) is 10.2 Å². The van der Waals surface area contributed by atoms with Gasteiger partial charge in [-0.2, -0.15) is 0 Å². The van der Waals surface area contributed by atoms with Crippen LogP contribution in [0, 0.1) is 0 Å². The third kappa shape index (κ3) is 5.44. The van der Waals surface area contributed by atoms with Crippen LogP contribution < -0.4 is 5.32 Å². The largest absolute Gasteiger partial charge is 0.480 e. The molecule has 2 N–H and O–H groups in total. The van der Waals surface area contributed by atoms with E-state index in [0.29, 0.717) is 6.04 Å². The molecule has 0 spiro atoms. The van der Waals surface area contributed by atoms with Gasteiger partial charge in [0.2, 0.25) is 0 Å². The molecule has 1 aliphatic heterocycles. The van der Waals surface area contributed by atoms with Crippen molar-refractivity contribution >= 4 is 5.97 Å². The van der Waals surface area contributed by atoms with Gasteiger partial charge in [0.15, 0.2) is 0 Å². The number of carboxylic acid groups (broad SMARTS) is 1. The molecule has 1 heterocycles. The minimum absolute atomic E-state index is 0.0660. The Kier molecular flexibility index (Phi) is 6.37. The zero-order valence-electron chi connectivity index (χ0n) is 9.95. The number of piperidine rings is 1. The smallest absolute Gasteiger partial charge is 0.317 e. The molecule has 94 valence electrons. The van der Waals surface area contributed by atoms with Crippen LogP contribution in [0.3, 0.4) is 0 Å². The first-order valence-electron chi connectivity index (χ1n) is 5.89. The second-order valence-corrected chi connectivity index (χ2v) is 4.26. The van der Waals surface area contributed by atoms with Gasteiger partial charge in [-0.1, -0.05) is 0 Å². The van der Waals surface area contributed by atoms with E-state index in [1.54, 1.807) is 7.11 Å². The molecular formula is C11H22N2O3. The van der Waals surface area contributed by atoms with Crippen LogP contribution in [0.1, 0.15) is 19.3 Å². The fraction of sp³-hybridized carbons (Fsp3) is 0.909. The standard InChI is InChI=1S/C11H22N2O3/c1-16-7-3-6-13-5-2-4-10(9-13)12-8-11(14)15/h10,12H,2-9H2,1H3,(H,14,15). The zero-order chi connectivity index (χ0) is 11.8. The summed E-state index contributed by atoms with van der Waals surface area (Å²) in [6.07, 6.45) is 3.26. The summed E-state index contributed by atoms with van der Waals surface area (Å²) in [5.41, 5.74) is 0. The summed E-state index contributed by atoms with van der Waals surface area (Å²) in [6, 6.07) is 0.326. The normalized spacial score (nSPS) is 22.2. The van der Waals surface area contributed by atoms with Crippen molar-refractivity contribution in [2.24, 2.45) is 0 Å². The first kappa shape index (κ1) is 13.4. The van der Waals surface area contributed by atoms with E-state index in [4.69, 9.17) is 9.84 Å². The summed E-state index contributed by atoms with van der Waals surface area (Å²) >= 11 is 0. The highest BCUT2D eigenvalue weighted by atomic mass is 16.5. The Morgan fingerprint density at radius 2 is 2.44 bits per heavy atom. The Labute approximate surface area is 96.8 Å². The predicted molar refractivity (Wildman–Crippen MR) is 61.6 cm³/mol. The van der Waals surface area contributed by atoms with E-state index in [0.717, 1.165) is 45.5 Å². The maximum absolute atomic E-state index is 10.4. The fourth-order valence-corrected chi connectivity index (χ4v) is 2.09. The topological polar surface area (TPSA) is 61.8 Å². The number of ether oxygens (including phenoxy) is 1. The van der Waals surface area contributed by atoms with Crippen molar-refractivity contribution in [2.45, 2.75) is 25.3 Å². The van der Waals surface area contributed by atoms with Gasteiger partial charge in [0.25, 0.3) is 0 Å². The number of carbonyl (C=O) groups is 1. The van der Waals surface area contributed by atoms with Crippen molar-refractivity contribution in [2.75, 3.05) is 39.9 Å². The molecule has 1 saturated heterocycles. The van der Waals surface area contributed by atoms with Crippen LogP contribution in [0.15, 0.2) is 0 Å². The molecular weight excluding hydrogens is 208 g/mol. The molecule has 0 aromatic rings. The van der Waals surface area contributed by atoms with E-state index in [9.17, 15) is 4.79 Å². The first-order chi connectivity index (χ1) is 7.72. The molecule has 0 aliphatic carbocycles. The van der Waals surface area contributed by atoms with Crippen LogP contribution >= 0.6 is 0 Å². The number of nitrogens with one attached hydrogen (secondary N) is 1. The van der Waals surface area contributed by atoms with Gasteiger partial charge < -0.3 is 20.1 Å². The maximum Gasteiger partial charge on any atom is 0.317 e. The Morgan fingerprint density at radius 1 is 1.62 bits per heavy atom. The molecule has 0 aromatic heterocycles. The van der Waals surface area contributed by atoms with Gasteiger partial charge >= 0.3 is 5.97 Å². The zero-order valence-corrected chi connectivity index (χ0v) is 9.95. The minimum Gasteiger partial charge on any atom is -0.480 e. The lowest BCUT2D eigenvalue weighted by Gasteiger charge is -2.32. The second kappa shape index (κ2) is 7.60. The summed E-state index contributed by atoms with van der Waals surface area (Å²) in [7, 11) is 1.72. The quantitative estimate of drug-likeness (QED) is 0.610. The Balaban J connectivity index is 2.16. The molecule has 0 saturated carbocycles. The summed E-state index contributed by atoms with van der Waals surface area (Å²) in [6.45, 7) is 3.98. The lowest BCUT2D eigenvalue weighted by Crippen LogP contribution is -2.47. The molecule has 1 atom stereocenters. The minimum atomic E-state index is -0.781. The molecule has 0 amide bonds. The average molecular weight is 230 g/mol. The SMILES string of the molecule is COCCCN1CCCC(NCC(=O)O)C1. The van der Waals surface area contributed by atoms with Gasteiger partial charge in [0, 0.05) is 32.8 Å². The number of carboxylic acids is 1. The lowest BCUT2D eigenvalue weighted by molar-refractivity contribution is -0.136. The monoisotopic (exact) mass is 230 g/mol. The Morgan fingerprint density at radius 3 is 3.12 bits per heavy atom. The van der Waals surface area contributed by atoms with Crippen molar-refractivity contribution < 1.29 is 14.6 Å². The third-order valence-corrected chi connectivity index (χ3v) is 2.87. The molecule has 0 aromatic carbocycles. The highest BCUT2D eigenvalue weighted by Crippen LogP contribution is 2.10. The first-order valence-corrected chi connectivity index (χ1v) is 5.89. The molecule has 1 aliphatic rings. The van der Waals surface area contributed by atoms with Gasteiger partial charge in [-0.3, -0.25) is 4.79 Å². The molecule has 5 heteroatoms. The number of rotatable bonds is 7. The van der Waals surface area contributed by atoms with Crippen LogP contribution in [-0.2, 0) is 9.53 Å². The highest BCUT2D eigenvalue weighted by Gasteiger charge is 2.19. The molecule has 5 nitrogen and oxygen atoms in total. The Bertz CT molecular complexity index is 211. The van der Waals surface area contributed by atoms with Crippen LogP contribution in [-0.4, -0.2) is 61.9 Å². The van der Waals surface area contributed by atoms with Gasteiger partial charge in [-0.25, -0.2) is 0 Å². The van der Waals surface area contributed by atoms with Gasteiger partial charge in [-0.15, -0.1) is 0 Å². The number of hydrogen-bond acceptors (Lipinski definition) is 4. The molecule has 0 bridgehead atoms. The number of aliphatic carboxylic acids is 1. The molecule has 1 unspecified atom stereocenters. The van der Waals surface area contributed by atoms with E-state index in [1.807, 2.05) is 0 Å². The molecule has 16 heavy (non-hydrogen) atoms. The van der Waals surface area contributed by atoms with Crippen molar-refractivity contribution in [3.05, 3.63) is 0 Å². The van der Waals surface area contributed by atoms with E-state index < -0.39 is 5.97 Å². The maximum atomic E-state index is 10.4. The summed E-state index contributed by atoms with van der Waals surface area (Å²) in [5, 5.41) is 11.7. The summed E-state index contributed by atoms with van der Waals surface area (Å²) < 4.78 is 5.02. The van der Waals surface area contributed by atoms with Crippen LogP contribution in [0.5, 0.6) is 0 Å². The van der Waals surface area contributed by atoms with Crippen LogP contribution in [0.4, 0.5) is 0 Å². The highest BCUT2D eigenvalue weighted by molar-refractivity contribution is 5.69. The van der Waals surface area contributed by atoms with Crippen molar-refractivity contribution in [3.8, 4) is 0 Å². The van der Waals surface area contributed by atoms with Crippen LogP contribution in [0.2, 0.25) is 0 Å². The number of likely N-dealkylation sites (tertiary alicyclic amines) is 1. The van der Waals surface area contributed by atoms with Gasteiger partial charge in [0.05, 0.1) is 6.54 Å². The predicted octanol–water partition coefficient (Wildman–Crippen LogP) is 0.162.